The van der Waals surface area contributed by atoms with Gasteiger partial charge in [-0.2, -0.15) is 8.42 Å². The Labute approximate surface area is 125 Å². The van der Waals surface area contributed by atoms with Gasteiger partial charge in [0.2, 0.25) is 0 Å². The van der Waals surface area contributed by atoms with E-state index in [9.17, 15) is 8.42 Å². The van der Waals surface area contributed by atoms with Crippen molar-refractivity contribution in [3.63, 3.8) is 0 Å². The van der Waals surface area contributed by atoms with Crippen LogP contribution in [0.15, 0.2) is 53.4 Å². The fourth-order valence-electron chi connectivity index (χ4n) is 1.84. The lowest BCUT2D eigenvalue weighted by Gasteiger charge is -2.10. The van der Waals surface area contributed by atoms with Crippen molar-refractivity contribution < 1.29 is 17.3 Å². The fraction of sp³-hybridized carbons (Fsp3) is 0.250. The number of methoxy groups -OCH3 is 1. The Bertz CT molecular complexity index is 703. The Morgan fingerprint density at radius 1 is 0.952 bits per heavy atom. The Balaban J connectivity index is 2.26. The summed E-state index contributed by atoms with van der Waals surface area (Å²) < 4.78 is 34.6. The summed E-state index contributed by atoms with van der Waals surface area (Å²) in [6, 6.07) is 13.2. The molecule has 0 unspecified atom stereocenters. The van der Waals surface area contributed by atoms with Crippen LogP contribution in [0, 0.1) is 0 Å². The van der Waals surface area contributed by atoms with Gasteiger partial charge < -0.3 is 8.92 Å². The average molecular weight is 306 g/mol. The molecule has 0 fully saturated rings. The molecule has 0 atom stereocenters. The minimum absolute atomic E-state index is 0.0956. The standard InChI is InChI=1S/C16H18O4S/c1-12(2)13-5-4-6-15(11-13)20-21(17,18)16-9-7-14(19-3)8-10-16/h4-12H,1-3H3. The second-order valence-corrected chi connectivity index (χ2v) is 6.49. The highest BCUT2D eigenvalue weighted by Crippen LogP contribution is 2.24. The maximum absolute atomic E-state index is 12.2. The average Bonchev–Trinajstić information content (AvgIpc) is 2.47. The van der Waals surface area contributed by atoms with E-state index in [2.05, 4.69) is 0 Å². The minimum atomic E-state index is -3.84. The van der Waals surface area contributed by atoms with E-state index in [-0.39, 0.29) is 4.90 Å². The molecule has 112 valence electrons. The number of rotatable bonds is 5. The Kier molecular flexibility index (Phi) is 4.53. The molecule has 0 bridgehead atoms. The summed E-state index contributed by atoms with van der Waals surface area (Å²) in [5, 5.41) is 0. The third-order valence-electron chi connectivity index (χ3n) is 3.08. The van der Waals surface area contributed by atoms with Gasteiger partial charge in [0.15, 0.2) is 0 Å². The maximum Gasteiger partial charge on any atom is 0.339 e. The smallest absolute Gasteiger partial charge is 0.339 e. The summed E-state index contributed by atoms with van der Waals surface area (Å²) in [6.07, 6.45) is 0. The summed E-state index contributed by atoms with van der Waals surface area (Å²) in [7, 11) is -2.31. The molecule has 0 aliphatic rings. The van der Waals surface area contributed by atoms with E-state index in [1.54, 1.807) is 30.3 Å². The van der Waals surface area contributed by atoms with Crippen molar-refractivity contribution in [2.45, 2.75) is 24.7 Å². The van der Waals surface area contributed by atoms with E-state index in [0.29, 0.717) is 17.4 Å². The second-order valence-electron chi connectivity index (χ2n) is 4.94. The van der Waals surface area contributed by atoms with Crippen LogP contribution in [0.5, 0.6) is 11.5 Å². The van der Waals surface area contributed by atoms with Crippen molar-refractivity contribution >= 4 is 10.1 Å². The van der Waals surface area contributed by atoms with Crippen molar-refractivity contribution in [3.8, 4) is 11.5 Å². The zero-order chi connectivity index (χ0) is 15.5. The predicted molar refractivity (Wildman–Crippen MR) is 81.3 cm³/mol. The lowest BCUT2D eigenvalue weighted by molar-refractivity contribution is 0.414. The first-order valence-electron chi connectivity index (χ1n) is 6.61. The van der Waals surface area contributed by atoms with Crippen molar-refractivity contribution in [1.82, 2.24) is 0 Å². The molecule has 0 N–H and O–H groups in total. The molecule has 0 saturated carbocycles. The fourth-order valence-corrected chi connectivity index (χ4v) is 2.77. The van der Waals surface area contributed by atoms with Gasteiger partial charge in [-0.3, -0.25) is 0 Å². The van der Waals surface area contributed by atoms with Crippen molar-refractivity contribution in [2.24, 2.45) is 0 Å². The first-order chi connectivity index (χ1) is 9.92. The number of benzene rings is 2. The van der Waals surface area contributed by atoms with Gasteiger partial charge >= 0.3 is 10.1 Å². The summed E-state index contributed by atoms with van der Waals surface area (Å²) in [5.41, 5.74) is 1.03. The molecule has 0 amide bonds. The molecule has 0 spiro atoms. The molecule has 0 aliphatic carbocycles. The zero-order valence-corrected chi connectivity index (χ0v) is 13.1. The molecule has 0 saturated heterocycles. The van der Waals surface area contributed by atoms with Crippen LogP contribution in [0.3, 0.4) is 0 Å². The highest BCUT2D eigenvalue weighted by Gasteiger charge is 2.17. The Morgan fingerprint density at radius 3 is 2.19 bits per heavy atom. The Hall–Kier alpha value is -2.01. The summed E-state index contributed by atoms with van der Waals surface area (Å²) in [5.74, 6) is 1.21. The lowest BCUT2D eigenvalue weighted by atomic mass is 10.0. The normalized spacial score (nSPS) is 11.4. The van der Waals surface area contributed by atoms with E-state index >= 15 is 0 Å². The SMILES string of the molecule is COc1ccc(S(=O)(=O)Oc2cccc(C(C)C)c2)cc1. The first-order valence-corrected chi connectivity index (χ1v) is 8.01. The topological polar surface area (TPSA) is 52.6 Å². The molecule has 2 rings (SSSR count). The number of hydrogen-bond acceptors (Lipinski definition) is 4. The third-order valence-corrected chi connectivity index (χ3v) is 4.34. The number of hydrogen-bond donors (Lipinski definition) is 0. The maximum atomic E-state index is 12.2. The van der Waals surface area contributed by atoms with Crippen LogP contribution in [0.1, 0.15) is 25.3 Å². The Morgan fingerprint density at radius 2 is 1.62 bits per heavy atom. The molecule has 4 nitrogen and oxygen atoms in total. The van der Waals surface area contributed by atoms with Crippen LogP contribution in [0.4, 0.5) is 0 Å². The third kappa shape index (κ3) is 3.76. The molecule has 0 aliphatic heterocycles. The van der Waals surface area contributed by atoms with Crippen LogP contribution in [0.25, 0.3) is 0 Å². The molecule has 21 heavy (non-hydrogen) atoms. The highest BCUT2D eigenvalue weighted by molar-refractivity contribution is 7.87. The van der Waals surface area contributed by atoms with Crippen LogP contribution in [-0.2, 0) is 10.1 Å². The van der Waals surface area contributed by atoms with Gasteiger partial charge in [-0.05, 0) is 47.9 Å². The number of ether oxygens (including phenoxy) is 1. The molecule has 2 aromatic rings. The van der Waals surface area contributed by atoms with Crippen LogP contribution in [0.2, 0.25) is 0 Å². The summed E-state index contributed by atoms with van der Waals surface area (Å²) >= 11 is 0. The highest BCUT2D eigenvalue weighted by atomic mass is 32.2. The van der Waals surface area contributed by atoms with Gasteiger partial charge in [0, 0.05) is 0 Å². The van der Waals surface area contributed by atoms with E-state index in [0.717, 1.165) is 5.56 Å². The van der Waals surface area contributed by atoms with Crippen molar-refractivity contribution in [3.05, 3.63) is 54.1 Å². The zero-order valence-electron chi connectivity index (χ0n) is 12.2. The molecule has 0 radical (unpaired) electrons. The quantitative estimate of drug-likeness (QED) is 0.792. The van der Waals surface area contributed by atoms with Gasteiger partial charge in [0.05, 0.1) is 7.11 Å². The molecular weight excluding hydrogens is 288 g/mol. The molecule has 5 heteroatoms. The second kappa shape index (κ2) is 6.18. The van der Waals surface area contributed by atoms with Crippen LogP contribution in [-0.4, -0.2) is 15.5 Å². The van der Waals surface area contributed by atoms with E-state index < -0.39 is 10.1 Å². The lowest BCUT2D eigenvalue weighted by Crippen LogP contribution is -2.09. The van der Waals surface area contributed by atoms with E-state index in [1.165, 1.54) is 19.2 Å². The minimum Gasteiger partial charge on any atom is -0.497 e. The van der Waals surface area contributed by atoms with Crippen molar-refractivity contribution in [1.29, 1.82) is 0 Å². The first kappa shape index (κ1) is 15.4. The predicted octanol–water partition coefficient (Wildman–Crippen LogP) is 3.59. The van der Waals surface area contributed by atoms with E-state index in [4.69, 9.17) is 8.92 Å². The monoisotopic (exact) mass is 306 g/mol. The van der Waals surface area contributed by atoms with Gasteiger partial charge in [-0.1, -0.05) is 26.0 Å². The van der Waals surface area contributed by atoms with Gasteiger partial charge in [0.1, 0.15) is 16.4 Å². The van der Waals surface area contributed by atoms with Crippen LogP contribution < -0.4 is 8.92 Å². The largest absolute Gasteiger partial charge is 0.497 e. The summed E-state index contributed by atoms with van der Waals surface area (Å²) in [6.45, 7) is 4.08. The van der Waals surface area contributed by atoms with Gasteiger partial charge in [-0.25, -0.2) is 0 Å². The van der Waals surface area contributed by atoms with Crippen molar-refractivity contribution in [2.75, 3.05) is 7.11 Å². The van der Waals surface area contributed by atoms with E-state index in [1.807, 2.05) is 19.9 Å². The molecule has 0 aromatic heterocycles. The molecule has 2 aromatic carbocycles. The summed E-state index contributed by atoms with van der Waals surface area (Å²) in [4.78, 5) is 0.0956. The van der Waals surface area contributed by atoms with Gasteiger partial charge in [0.25, 0.3) is 0 Å². The molecular formula is C16H18O4S. The van der Waals surface area contributed by atoms with Crippen LogP contribution >= 0.6 is 0 Å². The molecule has 0 heterocycles. The van der Waals surface area contributed by atoms with Gasteiger partial charge in [-0.15, -0.1) is 0 Å².